The Balaban J connectivity index is 1.30. The standard InChI is InChI=1S/C28H30N4O3S/c1-2-20-17-35-15-14-31(20)25-9-5-7-22(30-25)28(34)32-13-12-18-16-24(27(33)29-19-10-11-19)36-26(18)21-6-3-4-8-23(21)32/h3-9,16,19-20H,2,10-15,17H2,1H3,(H,29,33)/t20-/m0/s1. The van der Waals surface area contributed by atoms with Gasteiger partial charge >= 0.3 is 0 Å². The van der Waals surface area contributed by atoms with Crippen molar-refractivity contribution >= 4 is 34.7 Å². The molecule has 2 amide bonds. The molecule has 1 saturated carbocycles. The molecule has 1 aliphatic carbocycles. The Labute approximate surface area is 215 Å². The van der Waals surface area contributed by atoms with Crippen LogP contribution in [0.1, 0.15) is 51.9 Å². The van der Waals surface area contributed by atoms with Gasteiger partial charge in [-0.25, -0.2) is 4.98 Å². The van der Waals surface area contributed by atoms with Gasteiger partial charge in [-0.3, -0.25) is 9.59 Å². The number of benzene rings is 1. The zero-order valence-corrected chi connectivity index (χ0v) is 21.2. The van der Waals surface area contributed by atoms with E-state index < -0.39 is 0 Å². The van der Waals surface area contributed by atoms with Crippen molar-refractivity contribution in [1.29, 1.82) is 0 Å². The number of carbonyl (C=O) groups is 2. The van der Waals surface area contributed by atoms with Gasteiger partial charge in [0.25, 0.3) is 11.8 Å². The monoisotopic (exact) mass is 502 g/mol. The normalized spacial score (nSPS) is 19.3. The fourth-order valence-electron chi connectivity index (χ4n) is 5.04. The molecule has 3 aliphatic rings. The Morgan fingerprint density at radius 2 is 2.00 bits per heavy atom. The number of pyridine rings is 1. The minimum absolute atomic E-state index is 0.00972. The van der Waals surface area contributed by atoms with E-state index in [0.29, 0.717) is 37.9 Å². The second-order valence-electron chi connectivity index (χ2n) is 9.65. The van der Waals surface area contributed by atoms with Crippen LogP contribution in [0.5, 0.6) is 0 Å². The van der Waals surface area contributed by atoms with Crippen LogP contribution in [0.4, 0.5) is 11.5 Å². The number of fused-ring (bicyclic) bond motifs is 3. The molecule has 0 unspecified atom stereocenters. The molecule has 1 aromatic carbocycles. The molecule has 2 fully saturated rings. The van der Waals surface area contributed by atoms with E-state index in [1.807, 2.05) is 47.4 Å². The Hall–Kier alpha value is -3.23. The van der Waals surface area contributed by atoms with Crippen LogP contribution in [0.25, 0.3) is 10.4 Å². The fraction of sp³-hybridized carbons (Fsp3) is 0.393. The molecule has 36 heavy (non-hydrogen) atoms. The van der Waals surface area contributed by atoms with Crippen LogP contribution in [-0.4, -0.2) is 55.2 Å². The van der Waals surface area contributed by atoms with Gasteiger partial charge in [0.05, 0.1) is 29.8 Å². The predicted molar refractivity (Wildman–Crippen MR) is 142 cm³/mol. The van der Waals surface area contributed by atoms with Crippen molar-refractivity contribution in [3.63, 3.8) is 0 Å². The highest BCUT2D eigenvalue weighted by molar-refractivity contribution is 7.17. The summed E-state index contributed by atoms with van der Waals surface area (Å²) in [6, 6.07) is 16.3. The summed E-state index contributed by atoms with van der Waals surface area (Å²) in [4.78, 5) is 37.2. The van der Waals surface area contributed by atoms with Crippen molar-refractivity contribution in [1.82, 2.24) is 10.3 Å². The number of nitrogens with zero attached hydrogens (tertiary/aromatic N) is 3. The van der Waals surface area contributed by atoms with Crippen molar-refractivity contribution in [2.75, 3.05) is 36.1 Å². The number of nitrogens with one attached hydrogen (secondary N) is 1. The van der Waals surface area contributed by atoms with E-state index in [9.17, 15) is 9.59 Å². The lowest BCUT2D eigenvalue weighted by molar-refractivity contribution is 0.0924. The van der Waals surface area contributed by atoms with Crippen molar-refractivity contribution in [3.05, 3.63) is 64.7 Å². The van der Waals surface area contributed by atoms with Crippen molar-refractivity contribution < 1.29 is 14.3 Å². The highest BCUT2D eigenvalue weighted by atomic mass is 32.1. The van der Waals surface area contributed by atoms with E-state index in [4.69, 9.17) is 9.72 Å². The Bertz CT molecular complexity index is 1300. The Morgan fingerprint density at radius 1 is 1.14 bits per heavy atom. The number of anilines is 2. The van der Waals surface area contributed by atoms with Gasteiger partial charge in [0.1, 0.15) is 11.5 Å². The van der Waals surface area contributed by atoms with Crippen LogP contribution < -0.4 is 15.1 Å². The highest BCUT2D eigenvalue weighted by Gasteiger charge is 2.30. The third kappa shape index (κ3) is 4.40. The van der Waals surface area contributed by atoms with E-state index in [-0.39, 0.29) is 17.9 Å². The molecular weight excluding hydrogens is 472 g/mol. The zero-order valence-electron chi connectivity index (χ0n) is 20.4. The first-order valence-corrected chi connectivity index (χ1v) is 13.6. The van der Waals surface area contributed by atoms with Gasteiger partial charge in [0, 0.05) is 29.6 Å². The van der Waals surface area contributed by atoms with Gasteiger partial charge in [0.2, 0.25) is 0 Å². The lowest BCUT2D eigenvalue weighted by atomic mass is 10.1. The summed E-state index contributed by atoms with van der Waals surface area (Å²) in [7, 11) is 0. The van der Waals surface area contributed by atoms with E-state index in [0.717, 1.165) is 58.2 Å². The van der Waals surface area contributed by atoms with Gasteiger partial charge in [-0.15, -0.1) is 11.3 Å². The van der Waals surface area contributed by atoms with Gasteiger partial charge < -0.3 is 19.9 Å². The lowest BCUT2D eigenvalue weighted by Gasteiger charge is -2.36. The molecule has 0 spiro atoms. The summed E-state index contributed by atoms with van der Waals surface area (Å²) in [5.41, 5.74) is 3.41. The molecule has 1 atom stereocenters. The number of carbonyl (C=O) groups excluding carboxylic acids is 2. The number of aromatic nitrogens is 1. The summed E-state index contributed by atoms with van der Waals surface area (Å²) < 4.78 is 5.65. The number of morpholine rings is 1. The second kappa shape index (κ2) is 9.67. The van der Waals surface area contributed by atoms with Crippen LogP contribution in [-0.2, 0) is 11.2 Å². The third-order valence-electron chi connectivity index (χ3n) is 7.18. The number of amides is 2. The molecular formula is C28H30N4O3S. The SMILES string of the molecule is CC[C@H]1COCCN1c1cccc(C(=O)N2CCc3cc(C(=O)NC4CC4)sc3-c3ccccc32)n1. The summed E-state index contributed by atoms with van der Waals surface area (Å²) in [6.07, 6.45) is 3.78. The summed E-state index contributed by atoms with van der Waals surface area (Å²) in [5.74, 6) is 0.729. The van der Waals surface area contributed by atoms with E-state index in [1.54, 1.807) is 6.07 Å². The van der Waals surface area contributed by atoms with Crippen molar-refractivity contribution in [2.45, 2.75) is 44.7 Å². The smallest absolute Gasteiger partial charge is 0.276 e. The van der Waals surface area contributed by atoms with Gasteiger partial charge in [-0.2, -0.15) is 0 Å². The summed E-state index contributed by atoms with van der Waals surface area (Å²) in [6.45, 7) is 4.80. The molecule has 1 N–H and O–H groups in total. The van der Waals surface area contributed by atoms with Crippen LogP contribution in [0.15, 0.2) is 48.5 Å². The van der Waals surface area contributed by atoms with Crippen LogP contribution in [0.3, 0.4) is 0 Å². The maximum absolute atomic E-state index is 13.8. The maximum Gasteiger partial charge on any atom is 0.276 e. The largest absolute Gasteiger partial charge is 0.377 e. The number of para-hydroxylation sites is 1. The van der Waals surface area contributed by atoms with Crippen LogP contribution in [0, 0.1) is 0 Å². The van der Waals surface area contributed by atoms with Gasteiger partial charge in [-0.05, 0) is 55.5 Å². The minimum Gasteiger partial charge on any atom is -0.377 e. The number of hydrogen-bond donors (Lipinski definition) is 1. The molecule has 2 aliphatic heterocycles. The van der Waals surface area contributed by atoms with Gasteiger partial charge in [-0.1, -0.05) is 31.2 Å². The van der Waals surface area contributed by atoms with E-state index in [2.05, 4.69) is 17.1 Å². The molecule has 4 heterocycles. The topological polar surface area (TPSA) is 74.8 Å². The highest BCUT2D eigenvalue weighted by Crippen LogP contribution is 2.42. The average Bonchev–Trinajstić information content (AvgIpc) is 3.67. The molecule has 1 saturated heterocycles. The van der Waals surface area contributed by atoms with Crippen LogP contribution >= 0.6 is 11.3 Å². The molecule has 3 aromatic rings. The van der Waals surface area contributed by atoms with Crippen molar-refractivity contribution in [3.8, 4) is 10.4 Å². The first kappa shape index (κ1) is 23.2. The molecule has 186 valence electrons. The first-order chi connectivity index (χ1) is 17.6. The first-order valence-electron chi connectivity index (χ1n) is 12.8. The maximum atomic E-state index is 13.8. The predicted octanol–water partition coefficient (Wildman–Crippen LogP) is 4.52. The molecule has 6 rings (SSSR count). The van der Waals surface area contributed by atoms with Crippen molar-refractivity contribution in [2.24, 2.45) is 0 Å². The number of hydrogen-bond acceptors (Lipinski definition) is 6. The molecule has 0 radical (unpaired) electrons. The quantitative estimate of drug-likeness (QED) is 0.555. The Morgan fingerprint density at radius 3 is 2.83 bits per heavy atom. The number of rotatable bonds is 5. The Kier molecular flexibility index (Phi) is 6.23. The third-order valence-corrected chi connectivity index (χ3v) is 8.39. The lowest BCUT2D eigenvalue weighted by Crippen LogP contribution is -2.45. The number of thiophene rings is 1. The van der Waals surface area contributed by atoms with E-state index in [1.165, 1.54) is 11.3 Å². The molecule has 8 heteroatoms. The summed E-state index contributed by atoms with van der Waals surface area (Å²) >= 11 is 1.52. The summed E-state index contributed by atoms with van der Waals surface area (Å²) in [5, 5.41) is 3.09. The molecule has 0 bridgehead atoms. The zero-order chi connectivity index (χ0) is 24.6. The van der Waals surface area contributed by atoms with Gasteiger partial charge in [0.15, 0.2) is 0 Å². The minimum atomic E-state index is -0.104. The fourth-order valence-corrected chi connectivity index (χ4v) is 6.19. The van der Waals surface area contributed by atoms with Crippen LogP contribution in [0.2, 0.25) is 0 Å². The number of ether oxygens (including phenoxy) is 1. The molecule has 2 aromatic heterocycles. The van der Waals surface area contributed by atoms with E-state index >= 15 is 0 Å². The average molecular weight is 503 g/mol. The molecule has 7 nitrogen and oxygen atoms in total. The second-order valence-corrected chi connectivity index (χ2v) is 10.7.